The summed E-state index contributed by atoms with van der Waals surface area (Å²) in [5.74, 6) is -3.56. The Balaban J connectivity index is 2.07. The molecule has 0 fully saturated rings. The Morgan fingerprint density at radius 2 is 1.64 bits per heavy atom. The summed E-state index contributed by atoms with van der Waals surface area (Å²) in [6.45, 7) is 0. The number of aromatic hydroxyl groups is 4. The molecular formula is C15H14O7. The van der Waals surface area contributed by atoms with Crippen LogP contribution in [0.15, 0.2) is 30.3 Å². The van der Waals surface area contributed by atoms with Crippen molar-refractivity contribution in [2.45, 2.75) is 18.3 Å². The molecule has 0 unspecified atom stereocenters. The van der Waals surface area contributed by atoms with Crippen molar-refractivity contribution < 1.29 is 35.4 Å². The van der Waals surface area contributed by atoms with E-state index in [-0.39, 0.29) is 40.5 Å². The maximum Gasteiger partial charge on any atom is 0.209 e. The van der Waals surface area contributed by atoms with E-state index in [9.17, 15) is 30.6 Å². The van der Waals surface area contributed by atoms with Gasteiger partial charge in [-0.2, -0.15) is 0 Å². The van der Waals surface area contributed by atoms with Crippen LogP contribution in [0.4, 0.5) is 0 Å². The van der Waals surface area contributed by atoms with E-state index in [0.29, 0.717) is 0 Å². The fourth-order valence-corrected chi connectivity index (χ4v) is 2.51. The first kappa shape index (κ1) is 14.3. The second-order valence-corrected chi connectivity index (χ2v) is 5.24. The minimum absolute atomic E-state index is 0.105. The predicted molar refractivity (Wildman–Crippen MR) is 73.8 cm³/mol. The van der Waals surface area contributed by atoms with Gasteiger partial charge in [0, 0.05) is 29.7 Å². The molecule has 0 saturated carbocycles. The molecule has 6 N–H and O–H groups in total. The van der Waals surface area contributed by atoms with Crippen molar-refractivity contribution in [2.75, 3.05) is 0 Å². The normalized spacial score (nSPS) is 19.3. The van der Waals surface area contributed by atoms with E-state index in [1.54, 1.807) is 0 Å². The number of benzene rings is 2. The second-order valence-electron chi connectivity index (χ2n) is 5.24. The van der Waals surface area contributed by atoms with E-state index >= 15 is 0 Å². The zero-order valence-electron chi connectivity index (χ0n) is 11.3. The standard InChI is InChI=1S/C15H14O7/c16-8-4-11(18)9-6-15(20,21)14(22-13(9)5-8)7-1-2-10(17)12(19)3-7/h1-5,14,16-21H,6H2/t14-/m1/s1. The highest BCUT2D eigenvalue weighted by molar-refractivity contribution is 5.52. The van der Waals surface area contributed by atoms with E-state index in [0.717, 1.165) is 12.1 Å². The molecule has 1 aliphatic heterocycles. The molecule has 0 radical (unpaired) electrons. The lowest BCUT2D eigenvalue weighted by atomic mass is 9.91. The van der Waals surface area contributed by atoms with E-state index in [1.165, 1.54) is 18.2 Å². The SMILES string of the molecule is Oc1cc(O)c2c(c1)O[C@H](c1ccc(O)c(O)c1)C(O)(O)C2. The first-order valence-electron chi connectivity index (χ1n) is 6.46. The highest BCUT2D eigenvalue weighted by Crippen LogP contribution is 2.45. The molecule has 0 saturated heterocycles. The minimum Gasteiger partial charge on any atom is -0.508 e. The van der Waals surface area contributed by atoms with Crippen molar-refractivity contribution in [3.05, 3.63) is 41.5 Å². The molecule has 0 aromatic heterocycles. The molecule has 2 aromatic carbocycles. The molecular weight excluding hydrogens is 292 g/mol. The Bertz CT molecular complexity index is 739. The zero-order chi connectivity index (χ0) is 16.1. The molecule has 2 aromatic rings. The summed E-state index contributed by atoms with van der Waals surface area (Å²) in [6, 6.07) is 6.03. The lowest BCUT2D eigenvalue weighted by Crippen LogP contribution is -2.44. The number of phenols is 4. The smallest absolute Gasteiger partial charge is 0.209 e. The molecule has 7 heteroatoms. The van der Waals surface area contributed by atoms with Crippen LogP contribution in [0.5, 0.6) is 28.7 Å². The third-order valence-corrected chi connectivity index (χ3v) is 3.57. The number of phenolic OH excluding ortho intramolecular Hbond substituents is 4. The van der Waals surface area contributed by atoms with Gasteiger partial charge in [0.15, 0.2) is 17.6 Å². The fourth-order valence-electron chi connectivity index (χ4n) is 2.51. The number of rotatable bonds is 1. The lowest BCUT2D eigenvalue weighted by molar-refractivity contribution is -0.226. The Hall–Kier alpha value is -2.64. The highest BCUT2D eigenvalue weighted by Gasteiger charge is 2.44. The van der Waals surface area contributed by atoms with Crippen LogP contribution in [0, 0.1) is 0 Å². The summed E-state index contributed by atoms with van der Waals surface area (Å²) < 4.78 is 5.48. The first-order valence-corrected chi connectivity index (χ1v) is 6.46. The molecule has 1 atom stereocenters. The average Bonchev–Trinajstić information content (AvgIpc) is 2.42. The van der Waals surface area contributed by atoms with Crippen LogP contribution in [0.3, 0.4) is 0 Å². The van der Waals surface area contributed by atoms with E-state index in [1.807, 2.05) is 0 Å². The van der Waals surface area contributed by atoms with Crippen molar-refractivity contribution in [3.8, 4) is 28.7 Å². The maximum atomic E-state index is 10.2. The number of aliphatic hydroxyl groups is 2. The zero-order valence-corrected chi connectivity index (χ0v) is 11.3. The molecule has 1 heterocycles. The average molecular weight is 306 g/mol. The number of fused-ring (bicyclic) bond motifs is 1. The third kappa shape index (κ3) is 2.26. The molecule has 0 aliphatic carbocycles. The van der Waals surface area contributed by atoms with E-state index in [4.69, 9.17) is 4.74 Å². The van der Waals surface area contributed by atoms with E-state index in [2.05, 4.69) is 0 Å². The quantitative estimate of drug-likeness (QED) is 0.340. The Morgan fingerprint density at radius 3 is 2.32 bits per heavy atom. The van der Waals surface area contributed by atoms with Gasteiger partial charge in [-0.3, -0.25) is 0 Å². The molecule has 116 valence electrons. The Morgan fingerprint density at radius 1 is 0.909 bits per heavy atom. The van der Waals surface area contributed by atoms with Crippen LogP contribution >= 0.6 is 0 Å². The maximum absolute atomic E-state index is 10.2. The van der Waals surface area contributed by atoms with Gasteiger partial charge in [0.05, 0.1) is 0 Å². The Kier molecular flexibility index (Phi) is 3.05. The van der Waals surface area contributed by atoms with E-state index < -0.39 is 17.6 Å². The summed E-state index contributed by atoms with van der Waals surface area (Å²) in [7, 11) is 0. The van der Waals surface area contributed by atoms with Crippen molar-refractivity contribution in [1.29, 1.82) is 0 Å². The minimum atomic E-state index is -2.34. The highest BCUT2D eigenvalue weighted by atomic mass is 16.6. The number of hydrogen-bond acceptors (Lipinski definition) is 7. The summed E-state index contributed by atoms with van der Waals surface area (Å²) in [4.78, 5) is 0. The summed E-state index contributed by atoms with van der Waals surface area (Å²) >= 11 is 0. The van der Waals surface area contributed by atoms with Crippen LogP contribution in [0.2, 0.25) is 0 Å². The van der Waals surface area contributed by atoms with Gasteiger partial charge in [-0.05, 0) is 12.1 Å². The van der Waals surface area contributed by atoms with Crippen molar-refractivity contribution in [3.63, 3.8) is 0 Å². The molecule has 0 amide bonds. The lowest BCUT2D eigenvalue weighted by Gasteiger charge is -2.37. The van der Waals surface area contributed by atoms with Gasteiger partial charge in [0.25, 0.3) is 0 Å². The topological polar surface area (TPSA) is 131 Å². The number of hydrogen-bond donors (Lipinski definition) is 6. The fraction of sp³-hybridized carbons (Fsp3) is 0.200. The van der Waals surface area contributed by atoms with Crippen molar-refractivity contribution >= 4 is 0 Å². The van der Waals surface area contributed by atoms with Crippen LogP contribution in [-0.4, -0.2) is 36.4 Å². The van der Waals surface area contributed by atoms with Crippen LogP contribution in [0.25, 0.3) is 0 Å². The third-order valence-electron chi connectivity index (χ3n) is 3.57. The first-order chi connectivity index (χ1) is 10.3. The van der Waals surface area contributed by atoms with Crippen LogP contribution < -0.4 is 4.74 Å². The Labute approximate surface area is 124 Å². The number of ether oxygens (including phenoxy) is 1. The summed E-state index contributed by atoms with van der Waals surface area (Å²) in [5, 5.41) is 58.5. The van der Waals surface area contributed by atoms with Gasteiger partial charge >= 0.3 is 0 Å². The molecule has 7 nitrogen and oxygen atoms in total. The van der Waals surface area contributed by atoms with Gasteiger partial charge in [-0.15, -0.1) is 0 Å². The molecule has 0 bridgehead atoms. The van der Waals surface area contributed by atoms with Gasteiger partial charge in [0.2, 0.25) is 5.79 Å². The molecule has 3 rings (SSSR count). The molecule has 1 aliphatic rings. The van der Waals surface area contributed by atoms with Gasteiger partial charge in [-0.1, -0.05) is 6.07 Å². The second kappa shape index (κ2) is 4.69. The molecule has 22 heavy (non-hydrogen) atoms. The summed E-state index contributed by atoms with van der Waals surface area (Å²) in [5.41, 5.74) is 0.371. The van der Waals surface area contributed by atoms with Crippen LogP contribution in [0.1, 0.15) is 17.2 Å². The summed E-state index contributed by atoms with van der Waals surface area (Å²) in [6.07, 6.45) is -1.60. The van der Waals surface area contributed by atoms with Crippen LogP contribution in [-0.2, 0) is 6.42 Å². The van der Waals surface area contributed by atoms with Gasteiger partial charge in [-0.25, -0.2) is 0 Å². The molecule has 0 spiro atoms. The predicted octanol–water partition coefficient (Wildman–Crippen LogP) is 0.866. The monoisotopic (exact) mass is 306 g/mol. The van der Waals surface area contributed by atoms with Gasteiger partial charge in [0.1, 0.15) is 17.2 Å². The largest absolute Gasteiger partial charge is 0.508 e. The van der Waals surface area contributed by atoms with Crippen molar-refractivity contribution in [2.24, 2.45) is 0 Å². The van der Waals surface area contributed by atoms with Crippen molar-refractivity contribution in [1.82, 2.24) is 0 Å². The van der Waals surface area contributed by atoms with Gasteiger partial charge < -0.3 is 35.4 Å².